The number of carbonyl (C=O) groups is 1. The van der Waals surface area contributed by atoms with E-state index in [0.29, 0.717) is 11.6 Å². The summed E-state index contributed by atoms with van der Waals surface area (Å²) in [5.41, 5.74) is 4.15. The fourth-order valence-electron chi connectivity index (χ4n) is 6.82. The lowest BCUT2D eigenvalue weighted by atomic mass is 9.85. The first kappa shape index (κ1) is 20.4. The number of fused-ring (bicyclic) bond motifs is 2. The summed E-state index contributed by atoms with van der Waals surface area (Å²) >= 11 is 0. The zero-order valence-electron chi connectivity index (χ0n) is 18.7. The Kier molecular flexibility index (Phi) is 5.30. The zero-order chi connectivity index (χ0) is 21.7. The largest absolute Gasteiger partial charge is 0.393 e. The molecule has 170 valence electrons. The average molecular weight is 435 g/mol. The number of likely N-dealkylation sites (tertiary alicyclic amines) is 1. The minimum Gasteiger partial charge on any atom is -0.393 e. The van der Waals surface area contributed by atoms with E-state index in [2.05, 4.69) is 16.3 Å². The first-order valence-electron chi connectivity index (χ1n) is 12.5. The van der Waals surface area contributed by atoms with E-state index in [9.17, 15) is 9.90 Å². The summed E-state index contributed by atoms with van der Waals surface area (Å²) < 4.78 is 1.94. The molecule has 4 atom stereocenters. The van der Waals surface area contributed by atoms with E-state index >= 15 is 0 Å². The third-order valence-electron chi connectivity index (χ3n) is 8.49. The summed E-state index contributed by atoms with van der Waals surface area (Å²) in [6.45, 7) is 3.59. The second-order valence-electron chi connectivity index (χ2n) is 10.5. The minimum absolute atomic E-state index is 0.00378. The average Bonchev–Trinajstić information content (AvgIpc) is 3.45. The van der Waals surface area contributed by atoms with Crippen molar-refractivity contribution in [2.45, 2.75) is 51.0 Å². The lowest BCUT2D eigenvalue weighted by Crippen LogP contribution is -2.37. The third-order valence-corrected chi connectivity index (χ3v) is 8.49. The van der Waals surface area contributed by atoms with Gasteiger partial charge in [0.15, 0.2) is 0 Å². The van der Waals surface area contributed by atoms with E-state index in [4.69, 9.17) is 4.98 Å². The number of aromatic nitrogens is 2. The van der Waals surface area contributed by atoms with Crippen LogP contribution in [0.15, 0.2) is 36.0 Å². The van der Waals surface area contributed by atoms with Crippen LogP contribution >= 0.6 is 0 Å². The summed E-state index contributed by atoms with van der Waals surface area (Å²) in [5.74, 6) is 3.11. The highest BCUT2D eigenvalue weighted by molar-refractivity contribution is 5.93. The van der Waals surface area contributed by atoms with Crippen LogP contribution < -0.4 is 5.32 Å². The fraction of sp³-hybridized carbons (Fsp3) is 0.615. The van der Waals surface area contributed by atoms with Crippen molar-refractivity contribution >= 4 is 11.6 Å². The van der Waals surface area contributed by atoms with Crippen LogP contribution in [0.5, 0.6) is 0 Å². The first-order valence-corrected chi connectivity index (χ1v) is 12.5. The van der Waals surface area contributed by atoms with Crippen molar-refractivity contribution in [2.75, 3.05) is 26.2 Å². The molecular weight excluding hydrogens is 400 g/mol. The highest BCUT2D eigenvalue weighted by Gasteiger charge is 2.46. The molecule has 1 amide bonds. The molecule has 1 saturated heterocycles. The molecule has 6 nitrogen and oxygen atoms in total. The van der Waals surface area contributed by atoms with Crippen LogP contribution in [-0.4, -0.2) is 57.6 Å². The first-order chi connectivity index (χ1) is 15.6. The molecule has 2 bridgehead atoms. The van der Waals surface area contributed by atoms with Gasteiger partial charge >= 0.3 is 0 Å². The monoisotopic (exact) mass is 434 g/mol. The van der Waals surface area contributed by atoms with Gasteiger partial charge in [-0.25, -0.2) is 4.98 Å². The molecular formula is C26H34N4O2. The maximum absolute atomic E-state index is 13.1. The Balaban J connectivity index is 1.10. The Morgan fingerprint density at radius 3 is 2.94 bits per heavy atom. The van der Waals surface area contributed by atoms with Gasteiger partial charge in [0.25, 0.3) is 5.91 Å². The van der Waals surface area contributed by atoms with Crippen LogP contribution in [0, 0.1) is 23.7 Å². The number of imidazole rings is 1. The van der Waals surface area contributed by atoms with Gasteiger partial charge in [0, 0.05) is 38.8 Å². The fourth-order valence-corrected chi connectivity index (χ4v) is 6.82. The summed E-state index contributed by atoms with van der Waals surface area (Å²) in [4.78, 5) is 20.3. The van der Waals surface area contributed by atoms with E-state index < -0.39 is 0 Å². The van der Waals surface area contributed by atoms with Gasteiger partial charge in [0.1, 0.15) is 11.3 Å². The molecule has 2 aromatic heterocycles. The topological polar surface area (TPSA) is 69.9 Å². The van der Waals surface area contributed by atoms with Gasteiger partial charge in [-0.15, -0.1) is 0 Å². The van der Waals surface area contributed by atoms with Crippen LogP contribution in [0.2, 0.25) is 0 Å². The number of nitrogens with zero attached hydrogens (tertiary/aromatic N) is 3. The molecule has 0 aromatic carbocycles. The number of allylic oxidation sites excluding steroid dienone is 1. The van der Waals surface area contributed by atoms with E-state index in [-0.39, 0.29) is 12.0 Å². The molecule has 2 saturated carbocycles. The standard InChI is InChI=1S/C26H34N4O2/c31-21-7-10-29(11-8-21)9-6-20-16-30-24(2-1-3-25(30)28-20)26(32)27-15-19-14-18-12-17-4-5-22(19)23(18)13-17/h1-3,5,16-19,21,23,31H,4,6-15H2,(H,27,32). The predicted molar refractivity (Wildman–Crippen MR) is 123 cm³/mol. The van der Waals surface area contributed by atoms with Gasteiger partial charge < -0.3 is 15.3 Å². The van der Waals surface area contributed by atoms with E-state index in [0.717, 1.165) is 74.5 Å². The summed E-state index contributed by atoms with van der Waals surface area (Å²) in [5, 5.41) is 12.9. The van der Waals surface area contributed by atoms with Crippen molar-refractivity contribution in [1.29, 1.82) is 0 Å². The molecule has 1 aliphatic heterocycles. The molecule has 4 unspecified atom stereocenters. The van der Waals surface area contributed by atoms with Crippen molar-refractivity contribution < 1.29 is 9.90 Å². The number of nitrogens with one attached hydrogen (secondary N) is 1. The van der Waals surface area contributed by atoms with Gasteiger partial charge in [-0.05, 0) is 74.3 Å². The number of aliphatic hydroxyl groups is 1. The van der Waals surface area contributed by atoms with Crippen molar-refractivity contribution in [3.63, 3.8) is 0 Å². The van der Waals surface area contributed by atoms with Gasteiger partial charge in [-0.2, -0.15) is 0 Å². The second kappa shape index (κ2) is 8.31. The molecule has 0 spiro atoms. The van der Waals surface area contributed by atoms with Crippen molar-refractivity contribution in [3.8, 4) is 0 Å². The van der Waals surface area contributed by atoms with E-state index in [1.807, 2.05) is 28.8 Å². The quantitative estimate of drug-likeness (QED) is 0.686. The van der Waals surface area contributed by atoms with Crippen molar-refractivity contribution in [3.05, 3.63) is 47.4 Å². The summed E-state index contributed by atoms with van der Waals surface area (Å²) in [6.07, 6.45) is 12.2. The number of pyridine rings is 1. The molecule has 4 aliphatic rings. The lowest BCUT2D eigenvalue weighted by Gasteiger charge is -2.29. The Bertz CT molecular complexity index is 1040. The molecule has 32 heavy (non-hydrogen) atoms. The molecule has 6 rings (SSSR count). The van der Waals surface area contributed by atoms with Gasteiger partial charge in [-0.1, -0.05) is 17.7 Å². The van der Waals surface area contributed by atoms with Gasteiger partial charge in [0.2, 0.25) is 0 Å². The molecule has 0 radical (unpaired) electrons. The second-order valence-corrected chi connectivity index (χ2v) is 10.5. The Hall–Kier alpha value is -2.18. The van der Waals surface area contributed by atoms with Crippen LogP contribution in [-0.2, 0) is 6.42 Å². The molecule has 3 aliphatic carbocycles. The Morgan fingerprint density at radius 1 is 1.19 bits per heavy atom. The highest BCUT2D eigenvalue weighted by Crippen LogP contribution is 2.56. The van der Waals surface area contributed by atoms with Crippen molar-refractivity contribution in [1.82, 2.24) is 19.6 Å². The predicted octanol–water partition coefficient (Wildman–Crippen LogP) is 3.06. The molecule has 6 heteroatoms. The van der Waals surface area contributed by atoms with Crippen LogP contribution in [0.25, 0.3) is 5.65 Å². The number of rotatable bonds is 6. The van der Waals surface area contributed by atoms with E-state index in [1.165, 1.54) is 25.7 Å². The molecule has 3 heterocycles. The number of aliphatic hydroxyl groups excluding tert-OH is 1. The Morgan fingerprint density at radius 2 is 2.06 bits per heavy atom. The SMILES string of the molecule is O=C(NCC1CC2CC3CC=C1C2C3)c1cccc2nc(CCN3CCC(O)CC3)cn12. The van der Waals surface area contributed by atoms with Gasteiger partial charge in [-0.3, -0.25) is 9.20 Å². The summed E-state index contributed by atoms with van der Waals surface area (Å²) in [7, 11) is 0. The number of hydrogen-bond donors (Lipinski definition) is 2. The third kappa shape index (κ3) is 3.77. The molecule has 2 N–H and O–H groups in total. The molecule has 2 aromatic rings. The highest BCUT2D eigenvalue weighted by atomic mass is 16.3. The number of carbonyl (C=O) groups excluding carboxylic acids is 1. The maximum atomic E-state index is 13.1. The number of hydrogen-bond acceptors (Lipinski definition) is 4. The maximum Gasteiger partial charge on any atom is 0.268 e. The minimum atomic E-state index is -0.141. The van der Waals surface area contributed by atoms with Crippen LogP contribution in [0.1, 0.15) is 54.7 Å². The van der Waals surface area contributed by atoms with Crippen LogP contribution in [0.3, 0.4) is 0 Å². The number of piperidine rings is 1. The van der Waals surface area contributed by atoms with Gasteiger partial charge in [0.05, 0.1) is 11.8 Å². The van der Waals surface area contributed by atoms with E-state index in [1.54, 1.807) is 5.57 Å². The summed E-state index contributed by atoms with van der Waals surface area (Å²) in [6, 6.07) is 5.80. The molecule has 3 fully saturated rings. The Labute approximate surface area is 189 Å². The normalized spacial score (nSPS) is 30.1. The smallest absolute Gasteiger partial charge is 0.268 e. The van der Waals surface area contributed by atoms with Crippen LogP contribution in [0.4, 0.5) is 0 Å². The number of amides is 1. The lowest BCUT2D eigenvalue weighted by molar-refractivity contribution is 0.0831. The van der Waals surface area contributed by atoms with Crippen molar-refractivity contribution in [2.24, 2.45) is 23.7 Å². The zero-order valence-corrected chi connectivity index (χ0v) is 18.7.